The Bertz CT molecular complexity index is 571. The van der Waals surface area contributed by atoms with Crippen molar-refractivity contribution in [1.82, 2.24) is 5.32 Å². The van der Waals surface area contributed by atoms with Crippen LogP contribution >= 0.6 is 0 Å². The van der Waals surface area contributed by atoms with E-state index >= 15 is 0 Å². The first kappa shape index (κ1) is 16.3. The summed E-state index contributed by atoms with van der Waals surface area (Å²) >= 11 is 0. The summed E-state index contributed by atoms with van der Waals surface area (Å²) in [6.07, 6.45) is 0.116. The van der Waals surface area contributed by atoms with E-state index in [-0.39, 0.29) is 24.6 Å². The Hall–Kier alpha value is -1.80. The smallest absolute Gasteiger partial charge is 0.224 e. The predicted molar refractivity (Wildman–Crippen MR) is 74.2 cm³/mol. The minimum atomic E-state index is -3.56. The van der Waals surface area contributed by atoms with Gasteiger partial charge in [0, 0.05) is 6.54 Å². The number of hydrogen-bond acceptors (Lipinski definition) is 5. The summed E-state index contributed by atoms with van der Waals surface area (Å²) in [5.41, 5.74) is 0.732. The summed E-state index contributed by atoms with van der Waals surface area (Å²) in [5.74, 6) is 0.527. The van der Waals surface area contributed by atoms with Crippen LogP contribution in [0.5, 0.6) is 11.5 Å². The first-order chi connectivity index (χ1) is 9.35. The summed E-state index contributed by atoms with van der Waals surface area (Å²) in [6, 6.07) is 5.13. The minimum absolute atomic E-state index is 0.00897. The molecule has 3 N–H and O–H groups in total. The second-order valence-electron chi connectivity index (χ2n) is 4.08. The van der Waals surface area contributed by atoms with E-state index < -0.39 is 10.0 Å². The number of methoxy groups -OCH3 is 2. The lowest BCUT2D eigenvalue weighted by molar-refractivity contribution is -0.120. The molecule has 0 aliphatic rings. The predicted octanol–water partition coefficient (Wildman–Crippen LogP) is -0.349. The van der Waals surface area contributed by atoms with Gasteiger partial charge in [-0.3, -0.25) is 4.79 Å². The molecule has 8 heteroatoms. The molecule has 0 radical (unpaired) electrons. The van der Waals surface area contributed by atoms with Crippen molar-refractivity contribution in [3.05, 3.63) is 23.8 Å². The second kappa shape index (κ2) is 7.11. The molecule has 0 fully saturated rings. The third-order valence-electron chi connectivity index (χ3n) is 2.52. The number of rotatable bonds is 7. The fourth-order valence-corrected chi connectivity index (χ4v) is 1.96. The molecule has 0 heterocycles. The number of nitrogens with two attached hydrogens (primary N) is 1. The largest absolute Gasteiger partial charge is 0.493 e. The molecule has 0 unspecified atom stereocenters. The molecule has 0 spiro atoms. The van der Waals surface area contributed by atoms with Crippen molar-refractivity contribution in [2.75, 3.05) is 26.5 Å². The van der Waals surface area contributed by atoms with Crippen molar-refractivity contribution in [3.8, 4) is 11.5 Å². The van der Waals surface area contributed by atoms with Gasteiger partial charge in [0.2, 0.25) is 15.9 Å². The van der Waals surface area contributed by atoms with Gasteiger partial charge < -0.3 is 14.8 Å². The normalized spacial score (nSPS) is 10.9. The van der Waals surface area contributed by atoms with E-state index in [9.17, 15) is 13.2 Å². The highest BCUT2D eigenvalue weighted by atomic mass is 32.2. The Morgan fingerprint density at radius 2 is 1.90 bits per heavy atom. The molecule has 0 atom stereocenters. The van der Waals surface area contributed by atoms with Crippen LogP contribution in [0, 0.1) is 0 Å². The first-order valence-corrected chi connectivity index (χ1v) is 7.55. The number of ether oxygens (including phenoxy) is 2. The van der Waals surface area contributed by atoms with E-state index in [1.54, 1.807) is 18.2 Å². The lowest BCUT2D eigenvalue weighted by Crippen LogP contribution is -2.32. The van der Waals surface area contributed by atoms with Crippen LogP contribution < -0.4 is 19.9 Å². The van der Waals surface area contributed by atoms with Crippen LogP contribution in [0.2, 0.25) is 0 Å². The highest BCUT2D eigenvalue weighted by Gasteiger charge is 2.09. The zero-order chi connectivity index (χ0) is 15.2. The van der Waals surface area contributed by atoms with Crippen LogP contribution in [0.1, 0.15) is 5.56 Å². The summed E-state index contributed by atoms with van der Waals surface area (Å²) in [4.78, 5) is 11.6. The van der Waals surface area contributed by atoms with E-state index in [0.29, 0.717) is 11.5 Å². The van der Waals surface area contributed by atoms with E-state index in [1.807, 2.05) is 0 Å². The van der Waals surface area contributed by atoms with Gasteiger partial charge in [-0.05, 0) is 17.7 Å². The van der Waals surface area contributed by atoms with E-state index in [1.165, 1.54) is 14.2 Å². The van der Waals surface area contributed by atoms with Crippen molar-refractivity contribution in [1.29, 1.82) is 0 Å². The zero-order valence-corrected chi connectivity index (χ0v) is 12.2. The highest BCUT2D eigenvalue weighted by Crippen LogP contribution is 2.27. The highest BCUT2D eigenvalue weighted by molar-refractivity contribution is 7.89. The maximum atomic E-state index is 11.6. The summed E-state index contributed by atoms with van der Waals surface area (Å²) < 4.78 is 31.7. The number of carbonyl (C=O) groups is 1. The Morgan fingerprint density at radius 3 is 2.45 bits per heavy atom. The third-order valence-corrected chi connectivity index (χ3v) is 3.29. The Morgan fingerprint density at radius 1 is 1.25 bits per heavy atom. The summed E-state index contributed by atoms with van der Waals surface area (Å²) in [7, 11) is -0.531. The molecule has 1 rings (SSSR count). The SMILES string of the molecule is COc1ccc(CC(=O)NCCS(N)(=O)=O)cc1OC. The van der Waals surface area contributed by atoms with Gasteiger partial charge in [0.25, 0.3) is 0 Å². The summed E-state index contributed by atoms with van der Waals surface area (Å²) in [6.45, 7) is -0.00897. The number of benzene rings is 1. The molecular formula is C12H18N2O5S. The standard InChI is InChI=1S/C12H18N2O5S/c1-18-10-4-3-9(7-11(10)19-2)8-12(15)14-5-6-20(13,16)17/h3-4,7H,5-6,8H2,1-2H3,(H,14,15)(H2,13,16,17). The summed E-state index contributed by atoms with van der Waals surface area (Å²) in [5, 5.41) is 7.32. The number of amides is 1. The average Bonchev–Trinajstić information content (AvgIpc) is 2.37. The quantitative estimate of drug-likeness (QED) is 0.716. The first-order valence-electron chi connectivity index (χ1n) is 5.84. The Balaban J connectivity index is 2.58. The monoisotopic (exact) mass is 302 g/mol. The molecule has 7 nitrogen and oxygen atoms in total. The van der Waals surface area contributed by atoms with Crippen LogP contribution in [0.15, 0.2) is 18.2 Å². The van der Waals surface area contributed by atoms with Crippen LogP contribution in [0.25, 0.3) is 0 Å². The number of carbonyl (C=O) groups excluding carboxylic acids is 1. The van der Waals surface area contributed by atoms with E-state index in [2.05, 4.69) is 5.32 Å². The van der Waals surface area contributed by atoms with Gasteiger partial charge in [-0.1, -0.05) is 6.07 Å². The molecule has 0 saturated heterocycles. The minimum Gasteiger partial charge on any atom is -0.493 e. The maximum absolute atomic E-state index is 11.6. The van der Waals surface area contributed by atoms with Crippen LogP contribution in [-0.2, 0) is 21.2 Å². The van der Waals surface area contributed by atoms with Gasteiger partial charge in [-0.15, -0.1) is 0 Å². The van der Waals surface area contributed by atoms with Gasteiger partial charge in [0.05, 0.1) is 26.4 Å². The number of nitrogens with one attached hydrogen (secondary N) is 1. The van der Waals surface area contributed by atoms with E-state index in [0.717, 1.165) is 5.56 Å². The molecule has 0 aromatic heterocycles. The fraction of sp³-hybridized carbons (Fsp3) is 0.417. The van der Waals surface area contributed by atoms with Gasteiger partial charge in [-0.2, -0.15) is 0 Å². The van der Waals surface area contributed by atoms with Crippen molar-refractivity contribution >= 4 is 15.9 Å². The number of primary sulfonamides is 1. The van der Waals surface area contributed by atoms with Crippen molar-refractivity contribution in [3.63, 3.8) is 0 Å². The Kier molecular flexibility index (Phi) is 5.78. The van der Waals surface area contributed by atoms with Gasteiger partial charge in [0.1, 0.15) is 0 Å². The zero-order valence-electron chi connectivity index (χ0n) is 11.4. The Labute approximate surface area is 118 Å². The molecule has 20 heavy (non-hydrogen) atoms. The molecule has 1 aromatic rings. The molecule has 0 saturated carbocycles. The number of sulfonamides is 1. The van der Waals surface area contributed by atoms with Crippen LogP contribution in [0.4, 0.5) is 0 Å². The lowest BCUT2D eigenvalue weighted by atomic mass is 10.1. The fourth-order valence-electron chi connectivity index (χ4n) is 1.57. The number of hydrogen-bond donors (Lipinski definition) is 2. The molecule has 1 amide bonds. The van der Waals surface area contributed by atoms with Crippen LogP contribution in [0.3, 0.4) is 0 Å². The third kappa shape index (κ3) is 5.45. The molecule has 0 bridgehead atoms. The van der Waals surface area contributed by atoms with Gasteiger partial charge in [0.15, 0.2) is 11.5 Å². The molecule has 1 aromatic carbocycles. The van der Waals surface area contributed by atoms with Gasteiger partial charge in [-0.25, -0.2) is 13.6 Å². The van der Waals surface area contributed by atoms with Crippen molar-refractivity contribution in [2.24, 2.45) is 5.14 Å². The van der Waals surface area contributed by atoms with Crippen LogP contribution in [-0.4, -0.2) is 40.8 Å². The molecule has 0 aliphatic carbocycles. The van der Waals surface area contributed by atoms with Gasteiger partial charge >= 0.3 is 0 Å². The molecule has 0 aliphatic heterocycles. The van der Waals surface area contributed by atoms with Crippen molar-refractivity contribution in [2.45, 2.75) is 6.42 Å². The average molecular weight is 302 g/mol. The lowest BCUT2D eigenvalue weighted by Gasteiger charge is -2.09. The molecule has 112 valence electrons. The topological polar surface area (TPSA) is 108 Å². The van der Waals surface area contributed by atoms with Crippen molar-refractivity contribution < 1.29 is 22.7 Å². The second-order valence-corrected chi connectivity index (χ2v) is 5.82. The van der Waals surface area contributed by atoms with E-state index in [4.69, 9.17) is 14.6 Å². The maximum Gasteiger partial charge on any atom is 0.224 e. The molecular weight excluding hydrogens is 284 g/mol.